The van der Waals surface area contributed by atoms with Gasteiger partial charge in [0, 0.05) is 5.02 Å². The van der Waals surface area contributed by atoms with Gasteiger partial charge in [0.15, 0.2) is 0 Å². The van der Waals surface area contributed by atoms with Gasteiger partial charge >= 0.3 is 0 Å². The van der Waals surface area contributed by atoms with Crippen molar-refractivity contribution in [2.75, 3.05) is 12.4 Å². The fraction of sp³-hybridized carbons (Fsp3) is 0.250. The van der Waals surface area contributed by atoms with Gasteiger partial charge in [-0.25, -0.2) is 4.39 Å². The first kappa shape index (κ1) is 13.3. The molecule has 20 heavy (non-hydrogen) atoms. The highest BCUT2D eigenvalue weighted by Gasteiger charge is 2.26. The lowest BCUT2D eigenvalue weighted by Gasteiger charge is -2.15. The Labute approximate surface area is 122 Å². The second kappa shape index (κ2) is 4.98. The van der Waals surface area contributed by atoms with Crippen LogP contribution in [0.15, 0.2) is 30.3 Å². The van der Waals surface area contributed by atoms with Crippen LogP contribution in [0.2, 0.25) is 5.02 Å². The number of aryl methyl sites for hydroxylation is 1. The molecular formula is C16H15ClFNO. The zero-order valence-corrected chi connectivity index (χ0v) is 12.1. The lowest BCUT2D eigenvalue weighted by Crippen LogP contribution is -2.08. The molecule has 2 aromatic rings. The van der Waals surface area contributed by atoms with Crippen molar-refractivity contribution in [2.45, 2.75) is 19.4 Å². The van der Waals surface area contributed by atoms with Gasteiger partial charge in [-0.3, -0.25) is 0 Å². The standard InChI is InChI=1S/C16H15ClFNO/c1-9-5-12(20-2)3-4-13(9)15-7-10-6-11(17)8-14(18)16(10)19-15/h3-6,8,15,19H,7H2,1-2H3. The van der Waals surface area contributed by atoms with Crippen molar-refractivity contribution in [3.63, 3.8) is 0 Å². The predicted molar refractivity (Wildman–Crippen MR) is 79.2 cm³/mol. The summed E-state index contributed by atoms with van der Waals surface area (Å²) in [4.78, 5) is 0. The van der Waals surface area contributed by atoms with E-state index < -0.39 is 0 Å². The highest BCUT2D eigenvalue weighted by Crippen LogP contribution is 2.39. The topological polar surface area (TPSA) is 21.3 Å². The molecule has 3 rings (SSSR count). The zero-order valence-electron chi connectivity index (χ0n) is 11.3. The zero-order chi connectivity index (χ0) is 14.3. The fourth-order valence-corrected chi connectivity index (χ4v) is 2.98. The van der Waals surface area contributed by atoms with Gasteiger partial charge < -0.3 is 10.1 Å². The third kappa shape index (κ3) is 2.22. The Hall–Kier alpha value is -1.74. The van der Waals surface area contributed by atoms with Crippen molar-refractivity contribution < 1.29 is 9.13 Å². The summed E-state index contributed by atoms with van der Waals surface area (Å²) < 4.78 is 19.1. The number of halogens is 2. The molecule has 4 heteroatoms. The van der Waals surface area contributed by atoms with Gasteiger partial charge in [0.05, 0.1) is 18.8 Å². The van der Waals surface area contributed by atoms with Crippen LogP contribution in [-0.4, -0.2) is 7.11 Å². The number of fused-ring (bicyclic) bond motifs is 1. The fourth-order valence-electron chi connectivity index (χ4n) is 2.75. The molecule has 0 radical (unpaired) electrons. The Bertz CT molecular complexity index is 672. The SMILES string of the molecule is COc1ccc(C2Cc3cc(Cl)cc(F)c3N2)c(C)c1. The van der Waals surface area contributed by atoms with Gasteiger partial charge in [-0.15, -0.1) is 0 Å². The third-order valence-electron chi connectivity index (χ3n) is 3.73. The Balaban J connectivity index is 1.94. The number of anilines is 1. The lowest BCUT2D eigenvalue weighted by molar-refractivity contribution is 0.414. The minimum Gasteiger partial charge on any atom is -0.497 e. The van der Waals surface area contributed by atoms with Gasteiger partial charge in [-0.05, 0) is 54.3 Å². The predicted octanol–water partition coefficient (Wildman–Crippen LogP) is 4.51. The summed E-state index contributed by atoms with van der Waals surface area (Å²) >= 11 is 5.91. The Kier molecular flexibility index (Phi) is 3.30. The minimum absolute atomic E-state index is 0.0730. The maximum Gasteiger partial charge on any atom is 0.148 e. The average Bonchev–Trinajstić information content (AvgIpc) is 2.82. The number of rotatable bonds is 2. The van der Waals surface area contributed by atoms with Crippen molar-refractivity contribution in [3.8, 4) is 5.75 Å². The molecule has 0 spiro atoms. The second-order valence-electron chi connectivity index (χ2n) is 5.05. The van der Waals surface area contributed by atoms with Crippen molar-refractivity contribution in [3.05, 3.63) is 57.9 Å². The number of ether oxygens (including phenoxy) is 1. The maximum atomic E-state index is 13.9. The highest BCUT2D eigenvalue weighted by molar-refractivity contribution is 6.30. The Morgan fingerprint density at radius 3 is 2.80 bits per heavy atom. The van der Waals surface area contributed by atoms with E-state index in [0.717, 1.165) is 28.9 Å². The molecule has 104 valence electrons. The van der Waals surface area contributed by atoms with E-state index in [-0.39, 0.29) is 11.9 Å². The maximum absolute atomic E-state index is 13.9. The van der Waals surface area contributed by atoms with E-state index >= 15 is 0 Å². The highest BCUT2D eigenvalue weighted by atomic mass is 35.5. The average molecular weight is 292 g/mol. The second-order valence-corrected chi connectivity index (χ2v) is 5.48. The van der Waals surface area contributed by atoms with E-state index in [1.807, 2.05) is 31.2 Å². The summed E-state index contributed by atoms with van der Waals surface area (Å²) in [7, 11) is 1.65. The summed E-state index contributed by atoms with van der Waals surface area (Å²) in [6.45, 7) is 2.03. The monoisotopic (exact) mass is 291 g/mol. The van der Waals surface area contributed by atoms with Crippen LogP contribution in [0.4, 0.5) is 10.1 Å². The summed E-state index contributed by atoms with van der Waals surface area (Å²) in [5, 5.41) is 3.69. The molecule has 0 bridgehead atoms. The van der Waals surface area contributed by atoms with E-state index in [1.54, 1.807) is 7.11 Å². The molecule has 1 aliphatic rings. The first-order valence-electron chi connectivity index (χ1n) is 6.47. The van der Waals surface area contributed by atoms with Gasteiger partial charge in [0.25, 0.3) is 0 Å². The molecule has 0 fully saturated rings. The molecule has 0 saturated heterocycles. The Morgan fingerprint density at radius 2 is 2.10 bits per heavy atom. The number of hydrogen-bond donors (Lipinski definition) is 1. The normalized spacial score (nSPS) is 16.7. The molecule has 1 heterocycles. The van der Waals surface area contributed by atoms with Crippen LogP contribution >= 0.6 is 11.6 Å². The van der Waals surface area contributed by atoms with Gasteiger partial charge in [0.1, 0.15) is 11.6 Å². The number of methoxy groups -OCH3 is 1. The van der Waals surface area contributed by atoms with E-state index in [0.29, 0.717) is 10.7 Å². The molecule has 0 aliphatic carbocycles. The van der Waals surface area contributed by atoms with Crippen LogP contribution in [0.5, 0.6) is 5.75 Å². The first-order valence-corrected chi connectivity index (χ1v) is 6.85. The number of benzene rings is 2. The van der Waals surface area contributed by atoms with E-state index in [1.165, 1.54) is 6.07 Å². The molecule has 1 atom stereocenters. The van der Waals surface area contributed by atoms with Crippen LogP contribution in [0.1, 0.15) is 22.7 Å². The first-order chi connectivity index (χ1) is 9.58. The molecule has 2 aromatic carbocycles. The summed E-state index contributed by atoms with van der Waals surface area (Å²) in [6.07, 6.45) is 0.736. The van der Waals surface area contributed by atoms with Crippen molar-refractivity contribution in [1.29, 1.82) is 0 Å². The molecule has 0 amide bonds. The molecular weight excluding hydrogens is 277 g/mol. The van der Waals surface area contributed by atoms with E-state index in [2.05, 4.69) is 5.32 Å². The number of hydrogen-bond acceptors (Lipinski definition) is 2. The van der Waals surface area contributed by atoms with Crippen LogP contribution in [0.3, 0.4) is 0 Å². The summed E-state index contributed by atoms with van der Waals surface area (Å²) in [5.74, 6) is 0.539. The summed E-state index contributed by atoms with van der Waals surface area (Å²) in [6, 6.07) is 9.18. The van der Waals surface area contributed by atoms with Gasteiger partial charge in [-0.2, -0.15) is 0 Å². The molecule has 0 saturated carbocycles. The molecule has 2 nitrogen and oxygen atoms in total. The van der Waals surface area contributed by atoms with E-state index in [4.69, 9.17) is 16.3 Å². The van der Waals surface area contributed by atoms with Gasteiger partial charge in [-0.1, -0.05) is 17.7 Å². The molecule has 1 unspecified atom stereocenters. The molecule has 1 aliphatic heterocycles. The number of nitrogens with one attached hydrogen (secondary N) is 1. The van der Waals surface area contributed by atoms with Crippen LogP contribution in [0.25, 0.3) is 0 Å². The van der Waals surface area contributed by atoms with Crippen molar-refractivity contribution in [2.24, 2.45) is 0 Å². The largest absolute Gasteiger partial charge is 0.497 e. The Morgan fingerprint density at radius 1 is 1.30 bits per heavy atom. The van der Waals surface area contributed by atoms with E-state index in [9.17, 15) is 4.39 Å². The minimum atomic E-state index is -0.291. The molecule has 0 aromatic heterocycles. The van der Waals surface area contributed by atoms with Crippen LogP contribution in [0, 0.1) is 12.7 Å². The smallest absolute Gasteiger partial charge is 0.148 e. The van der Waals surface area contributed by atoms with Gasteiger partial charge in [0.2, 0.25) is 0 Å². The quantitative estimate of drug-likeness (QED) is 0.879. The lowest BCUT2D eigenvalue weighted by atomic mass is 9.98. The molecule has 1 N–H and O–H groups in total. The van der Waals surface area contributed by atoms with Crippen LogP contribution in [-0.2, 0) is 6.42 Å². The van der Waals surface area contributed by atoms with Crippen LogP contribution < -0.4 is 10.1 Å². The summed E-state index contributed by atoms with van der Waals surface area (Å²) in [5.41, 5.74) is 3.77. The third-order valence-corrected chi connectivity index (χ3v) is 3.95. The van der Waals surface area contributed by atoms with Crippen molar-refractivity contribution >= 4 is 17.3 Å². The van der Waals surface area contributed by atoms with Crippen molar-refractivity contribution in [1.82, 2.24) is 0 Å².